The Balaban J connectivity index is 1.79. The highest BCUT2D eigenvalue weighted by Crippen LogP contribution is 2.28. The van der Waals surface area contributed by atoms with Crippen molar-refractivity contribution in [1.82, 2.24) is 14.8 Å². The molecule has 3 aromatic rings. The van der Waals surface area contributed by atoms with Crippen LogP contribution in [0.5, 0.6) is 0 Å². The minimum absolute atomic E-state index is 0.112. The van der Waals surface area contributed by atoms with E-state index in [1.54, 1.807) is 34.9 Å². The lowest BCUT2D eigenvalue weighted by atomic mass is 10.1. The van der Waals surface area contributed by atoms with Crippen LogP contribution >= 0.6 is 11.8 Å². The van der Waals surface area contributed by atoms with E-state index in [4.69, 9.17) is 0 Å². The van der Waals surface area contributed by atoms with Gasteiger partial charge in [0.25, 0.3) is 0 Å². The third kappa shape index (κ3) is 5.39. The average Bonchev–Trinajstić information content (AvgIpc) is 3.15. The number of carbonyl (C=O) groups is 1. The number of para-hydroxylation sites is 1. The molecule has 1 aromatic heterocycles. The second-order valence-corrected chi connectivity index (χ2v) is 10.6. The second-order valence-electron chi connectivity index (χ2n) is 7.49. The van der Waals surface area contributed by atoms with Gasteiger partial charge >= 0.3 is 0 Å². The maximum Gasteiger partial charge on any atom is 0.237 e. The third-order valence-corrected chi connectivity index (χ3v) is 8.14. The Bertz CT molecular complexity index is 1170. The topological polar surface area (TPSA) is 93.9 Å². The molecule has 3 rings (SSSR count). The number of hydrogen-bond donors (Lipinski definition) is 1. The summed E-state index contributed by atoms with van der Waals surface area (Å²) in [6.07, 6.45) is 0.593. The number of hydrogen-bond acceptors (Lipinski definition) is 6. The molecule has 0 aliphatic carbocycles. The highest BCUT2D eigenvalue weighted by atomic mass is 32.2. The molecule has 0 saturated heterocycles. The lowest BCUT2D eigenvalue weighted by Crippen LogP contribution is -2.26. The lowest BCUT2D eigenvalue weighted by Gasteiger charge is -2.17. The quantitative estimate of drug-likeness (QED) is 0.464. The molecule has 1 N–H and O–H groups in total. The zero-order valence-electron chi connectivity index (χ0n) is 18.7. The Kier molecular flexibility index (Phi) is 7.73. The zero-order valence-corrected chi connectivity index (χ0v) is 20.3. The molecule has 0 aliphatic rings. The number of sulfone groups is 1. The first-order valence-electron chi connectivity index (χ1n) is 10.5. The summed E-state index contributed by atoms with van der Waals surface area (Å²) >= 11 is 1.30. The van der Waals surface area contributed by atoms with Crippen LogP contribution in [-0.2, 0) is 26.9 Å². The fourth-order valence-corrected chi connectivity index (χ4v) is 5.71. The van der Waals surface area contributed by atoms with Gasteiger partial charge in [0, 0.05) is 12.2 Å². The molecular formula is C23H28N4O3S2. The number of amides is 1. The summed E-state index contributed by atoms with van der Waals surface area (Å²) in [5, 5.41) is 11.5. The van der Waals surface area contributed by atoms with Crippen LogP contribution in [0.1, 0.15) is 37.2 Å². The molecule has 1 amide bonds. The van der Waals surface area contributed by atoms with Gasteiger partial charge in [0.05, 0.1) is 10.1 Å². The molecule has 32 heavy (non-hydrogen) atoms. The maximum atomic E-state index is 13.0. The van der Waals surface area contributed by atoms with Gasteiger partial charge in [-0.2, -0.15) is 0 Å². The highest BCUT2D eigenvalue weighted by molar-refractivity contribution is 8.00. The minimum Gasteiger partial charge on any atom is -0.325 e. The molecule has 9 heteroatoms. The van der Waals surface area contributed by atoms with Crippen molar-refractivity contribution < 1.29 is 13.2 Å². The van der Waals surface area contributed by atoms with E-state index >= 15 is 0 Å². The van der Waals surface area contributed by atoms with Gasteiger partial charge in [-0.1, -0.05) is 55.1 Å². The normalized spacial score (nSPS) is 12.5. The Morgan fingerprint density at radius 1 is 1.03 bits per heavy atom. The number of thioether (sulfide) groups is 1. The number of aromatic nitrogens is 3. The number of anilines is 1. The van der Waals surface area contributed by atoms with Gasteiger partial charge < -0.3 is 9.88 Å². The number of aryl methyl sites for hydroxylation is 2. The average molecular weight is 473 g/mol. The van der Waals surface area contributed by atoms with Crippen molar-refractivity contribution in [3.8, 4) is 0 Å². The number of nitrogens with zero attached hydrogens (tertiary/aromatic N) is 3. The Morgan fingerprint density at radius 3 is 2.28 bits per heavy atom. The summed E-state index contributed by atoms with van der Waals surface area (Å²) in [6.45, 7) is 8.27. The van der Waals surface area contributed by atoms with E-state index in [1.807, 2.05) is 45.9 Å². The van der Waals surface area contributed by atoms with Crippen molar-refractivity contribution in [3.63, 3.8) is 0 Å². The van der Waals surface area contributed by atoms with Crippen molar-refractivity contribution in [1.29, 1.82) is 0 Å². The summed E-state index contributed by atoms with van der Waals surface area (Å²) < 4.78 is 27.3. The maximum absolute atomic E-state index is 13.0. The van der Waals surface area contributed by atoms with Gasteiger partial charge in [-0.05, 0) is 50.5 Å². The van der Waals surface area contributed by atoms with Crippen LogP contribution in [0.3, 0.4) is 0 Å². The van der Waals surface area contributed by atoms with Crippen molar-refractivity contribution in [2.45, 2.75) is 61.7 Å². The van der Waals surface area contributed by atoms with E-state index in [2.05, 4.69) is 15.5 Å². The van der Waals surface area contributed by atoms with Crippen LogP contribution in [0.15, 0.2) is 58.6 Å². The summed E-state index contributed by atoms with van der Waals surface area (Å²) in [6, 6.07) is 14.2. The number of carbonyl (C=O) groups excluding carboxylic acids is 1. The molecule has 1 heterocycles. The predicted molar refractivity (Wildman–Crippen MR) is 128 cm³/mol. The summed E-state index contributed by atoms with van der Waals surface area (Å²) in [7, 11) is -3.55. The molecule has 0 radical (unpaired) electrons. The van der Waals surface area contributed by atoms with E-state index in [1.165, 1.54) is 11.8 Å². The lowest BCUT2D eigenvalue weighted by molar-refractivity contribution is -0.115. The smallest absolute Gasteiger partial charge is 0.237 e. The first-order valence-corrected chi connectivity index (χ1v) is 13.0. The van der Waals surface area contributed by atoms with E-state index in [9.17, 15) is 13.2 Å². The first-order chi connectivity index (χ1) is 15.3. The van der Waals surface area contributed by atoms with Gasteiger partial charge in [0.1, 0.15) is 11.6 Å². The Labute approximate surface area is 193 Å². The van der Waals surface area contributed by atoms with Crippen LogP contribution in [0, 0.1) is 13.8 Å². The van der Waals surface area contributed by atoms with Crippen molar-refractivity contribution in [2.24, 2.45) is 0 Å². The molecular weight excluding hydrogens is 444 g/mol. The standard InChI is InChI=1S/C23H28N4O3S2/c1-5-19(22(28)24-21-16(3)11-10-12-17(21)4)31-23-26-25-20(27(23)6-2)15-32(29,30)18-13-8-7-9-14-18/h7-14,19H,5-6,15H2,1-4H3,(H,24,28). The fraction of sp³-hybridized carbons (Fsp3) is 0.348. The molecule has 2 aromatic carbocycles. The van der Waals surface area contributed by atoms with E-state index in [-0.39, 0.29) is 21.8 Å². The molecule has 1 atom stereocenters. The summed E-state index contributed by atoms with van der Waals surface area (Å²) in [5.74, 6) is 0.00644. The van der Waals surface area contributed by atoms with E-state index in [0.717, 1.165) is 16.8 Å². The number of benzene rings is 2. The fourth-order valence-electron chi connectivity index (χ4n) is 3.38. The third-order valence-electron chi connectivity index (χ3n) is 5.17. The predicted octanol–water partition coefficient (Wildman–Crippen LogP) is 4.40. The molecule has 0 saturated carbocycles. The van der Waals surface area contributed by atoms with Gasteiger partial charge in [-0.3, -0.25) is 4.79 Å². The molecule has 0 fully saturated rings. The monoisotopic (exact) mass is 472 g/mol. The van der Waals surface area contributed by atoms with E-state index < -0.39 is 9.84 Å². The number of nitrogens with one attached hydrogen (secondary N) is 1. The molecule has 1 unspecified atom stereocenters. The number of rotatable bonds is 9. The first kappa shape index (κ1) is 24.0. The van der Waals surface area contributed by atoms with Crippen LogP contribution in [0.2, 0.25) is 0 Å². The molecule has 7 nitrogen and oxygen atoms in total. The zero-order chi connectivity index (χ0) is 23.3. The van der Waals surface area contributed by atoms with Crippen molar-refractivity contribution in [3.05, 3.63) is 65.5 Å². The largest absolute Gasteiger partial charge is 0.325 e. The molecule has 170 valence electrons. The minimum atomic E-state index is -3.55. The summed E-state index contributed by atoms with van der Waals surface area (Å²) in [4.78, 5) is 13.2. The van der Waals surface area contributed by atoms with Crippen molar-refractivity contribution in [2.75, 3.05) is 5.32 Å². The van der Waals surface area contributed by atoms with Gasteiger partial charge in [-0.15, -0.1) is 10.2 Å². The van der Waals surface area contributed by atoms with Crippen LogP contribution in [0.4, 0.5) is 5.69 Å². The van der Waals surface area contributed by atoms with Crippen LogP contribution < -0.4 is 5.32 Å². The highest BCUT2D eigenvalue weighted by Gasteiger charge is 2.25. The molecule has 0 bridgehead atoms. The van der Waals surface area contributed by atoms with Crippen molar-refractivity contribution >= 4 is 33.2 Å². The SMILES string of the molecule is CCC(Sc1nnc(CS(=O)(=O)c2ccccc2)n1CC)C(=O)Nc1c(C)cccc1C. The van der Waals surface area contributed by atoms with Gasteiger partial charge in [0.2, 0.25) is 5.91 Å². The van der Waals surface area contributed by atoms with Gasteiger partial charge in [0.15, 0.2) is 15.0 Å². The molecule has 0 aliphatic heterocycles. The van der Waals surface area contributed by atoms with Gasteiger partial charge in [-0.25, -0.2) is 8.42 Å². The Morgan fingerprint density at radius 2 is 1.69 bits per heavy atom. The van der Waals surface area contributed by atoms with Crippen LogP contribution in [-0.4, -0.2) is 34.3 Å². The second kappa shape index (κ2) is 10.3. The van der Waals surface area contributed by atoms with Crippen LogP contribution in [0.25, 0.3) is 0 Å². The Hall–Kier alpha value is -2.65. The summed E-state index contributed by atoms with van der Waals surface area (Å²) in [5.41, 5.74) is 2.83. The van der Waals surface area contributed by atoms with E-state index in [0.29, 0.717) is 23.9 Å². The molecule has 0 spiro atoms.